The number of nitrogens with one attached hydrogen (secondary N) is 1. The summed E-state index contributed by atoms with van der Waals surface area (Å²) in [6.45, 7) is 3.44. The average Bonchev–Trinajstić information content (AvgIpc) is 2.53. The number of nitrogens with zero attached hydrogens (tertiary/aromatic N) is 2. The summed E-state index contributed by atoms with van der Waals surface area (Å²) >= 11 is 0. The molecule has 2 heterocycles. The van der Waals surface area contributed by atoms with Crippen molar-refractivity contribution in [3.63, 3.8) is 0 Å². The molecular weight excluding hydrogens is 347 g/mol. The highest BCUT2D eigenvalue weighted by Crippen LogP contribution is 2.30. The van der Waals surface area contributed by atoms with Crippen LogP contribution in [0.2, 0.25) is 0 Å². The van der Waals surface area contributed by atoms with Crippen molar-refractivity contribution in [2.45, 2.75) is 25.7 Å². The molecule has 26 heavy (non-hydrogen) atoms. The third kappa shape index (κ3) is 4.72. The van der Waals surface area contributed by atoms with Gasteiger partial charge in [-0.1, -0.05) is 12.1 Å². The van der Waals surface area contributed by atoms with Crippen LogP contribution in [0.3, 0.4) is 0 Å². The molecule has 0 bridgehead atoms. The third-order valence-corrected chi connectivity index (χ3v) is 3.93. The molecule has 2 aromatic rings. The van der Waals surface area contributed by atoms with Crippen LogP contribution in [0.25, 0.3) is 0 Å². The Morgan fingerprint density at radius 3 is 2.58 bits per heavy atom. The number of rotatable bonds is 5. The van der Waals surface area contributed by atoms with Crippen LogP contribution < -0.4 is 10.1 Å². The van der Waals surface area contributed by atoms with Crippen LogP contribution in [0, 0.1) is 0 Å². The molecule has 3 rings (SSSR count). The summed E-state index contributed by atoms with van der Waals surface area (Å²) in [7, 11) is 0. The van der Waals surface area contributed by atoms with Gasteiger partial charge in [-0.2, -0.15) is 13.2 Å². The van der Waals surface area contributed by atoms with Gasteiger partial charge in [0, 0.05) is 44.5 Å². The first-order valence-electron chi connectivity index (χ1n) is 8.08. The number of aromatic nitrogens is 1. The minimum Gasteiger partial charge on any atom is -0.488 e. The molecule has 138 valence electrons. The Balaban J connectivity index is 1.48. The maximum absolute atomic E-state index is 12.7. The van der Waals surface area contributed by atoms with Crippen LogP contribution in [-0.2, 0) is 17.5 Å². The summed E-state index contributed by atoms with van der Waals surface area (Å²) in [6, 6.07) is 9.87. The number of likely N-dealkylation sites (tertiary alicyclic amines) is 1. The number of anilines is 1. The zero-order valence-corrected chi connectivity index (χ0v) is 14.1. The zero-order valence-electron chi connectivity index (χ0n) is 14.1. The zero-order chi connectivity index (χ0) is 18.7. The summed E-state index contributed by atoms with van der Waals surface area (Å²) in [4.78, 5) is 16.4. The summed E-state index contributed by atoms with van der Waals surface area (Å²) in [5, 5.41) is 2.71. The van der Waals surface area contributed by atoms with Crippen LogP contribution in [0.1, 0.15) is 18.2 Å². The highest BCUT2D eigenvalue weighted by molar-refractivity contribution is 5.88. The van der Waals surface area contributed by atoms with E-state index < -0.39 is 11.9 Å². The molecule has 5 nitrogen and oxygen atoms in total. The van der Waals surface area contributed by atoms with Gasteiger partial charge in [0.05, 0.1) is 0 Å². The average molecular weight is 365 g/mol. The van der Waals surface area contributed by atoms with E-state index in [1.165, 1.54) is 13.0 Å². The number of hydrogen-bond acceptors (Lipinski definition) is 4. The monoisotopic (exact) mass is 365 g/mol. The Morgan fingerprint density at radius 2 is 1.96 bits per heavy atom. The largest absolute Gasteiger partial charge is 0.488 e. The van der Waals surface area contributed by atoms with Crippen molar-refractivity contribution in [2.75, 3.05) is 18.4 Å². The normalized spacial score (nSPS) is 15.4. The minimum absolute atomic E-state index is 0.120. The fraction of sp³-hybridized carbons (Fsp3) is 0.333. The Bertz CT molecular complexity index is 772. The standard InChI is InChI=1S/C18H18F3N3O2/c1-12(25)23-14-4-2-13(3-5-14)9-24-10-16(11-24)26-15-6-7-22-17(8-15)18(19,20)21/h2-8,16H,9-11H2,1H3,(H,23,25). The molecule has 1 aromatic heterocycles. The predicted molar refractivity (Wildman–Crippen MR) is 89.7 cm³/mol. The highest BCUT2D eigenvalue weighted by atomic mass is 19.4. The maximum atomic E-state index is 12.7. The van der Waals surface area contributed by atoms with Gasteiger partial charge in [-0.3, -0.25) is 14.7 Å². The Labute approximate surface area is 148 Å². The van der Waals surface area contributed by atoms with Crippen molar-refractivity contribution < 1.29 is 22.7 Å². The first-order valence-corrected chi connectivity index (χ1v) is 8.08. The molecule has 1 aliphatic rings. The topological polar surface area (TPSA) is 54.5 Å². The van der Waals surface area contributed by atoms with Crippen molar-refractivity contribution >= 4 is 11.6 Å². The number of benzene rings is 1. The van der Waals surface area contributed by atoms with E-state index in [1.807, 2.05) is 24.3 Å². The number of carbonyl (C=O) groups excluding carboxylic acids is 1. The fourth-order valence-electron chi connectivity index (χ4n) is 2.71. The van der Waals surface area contributed by atoms with Crippen LogP contribution >= 0.6 is 0 Å². The maximum Gasteiger partial charge on any atom is 0.433 e. The molecule has 0 saturated carbocycles. The summed E-state index contributed by atoms with van der Waals surface area (Å²) in [6.07, 6.45) is -3.52. The van der Waals surface area contributed by atoms with Crippen molar-refractivity contribution in [1.29, 1.82) is 0 Å². The van der Waals surface area contributed by atoms with Gasteiger partial charge in [0.1, 0.15) is 17.5 Å². The van der Waals surface area contributed by atoms with Crippen molar-refractivity contribution in [3.05, 3.63) is 53.9 Å². The summed E-state index contributed by atoms with van der Waals surface area (Å²) in [5.41, 5.74) is 0.871. The van der Waals surface area contributed by atoms with E-state index in [0.29, 0.717) is 19.6 Å². The van der Waals surface area contributed by atoms with Crippen LogP contribution in [0.15, 0.2) is 42.6 Å². The van der Waals surface area contributed by atoms with Gasteiger partial charge in [0.15, 0.2) is 0 Å². The Hall–Kier alpha value is -2.61. The molecule has 1 aromatic carbocycles. The summed E-state index contributed by atoms with van der Waals surface area (Å²) in [5.74, 6) is 0.0573. The molecule has 0 spiro atoms. The van der Waals surface area contributed by atoms with E-state index in [-0.39, 0.29) is 17.8 Å². The van der Waals surface area contributed by atoms with E-state index >= 15 is 0 Å². The van der Waals surface area contributed by atoms with Gasteiger partial charge in [-0.05, 0) is 23.8 Å². The first kappa shape index (κ1) is 18.2. The number of pyridine rings is 1. The molecule has 1 aliphatic heterocycles. The number of hydrogen-bond donors (Lipinski definition) is 1. The molecule has 1 fully saturated rings. The molecule has 0 atom stereocenters. The van der Waals surface area contributed by atoms with Gasteiger partial charge < -0.3 is 10.1 Å². The van der Waals surface area contributed by atoms with Crippen molar-refractivity contribution in [3.8, 4) is 5.75 Å². The van der Waals surface area contributed by atoms with E-state index in [1.54, 1.807) is 0 Å². The Kier molecular flexibility index (Phi) is 5.13. The van der Waals surface area contributed by atoms with Gasteiger partial charge in [-0.15, -0.1) is 0 Å². The molecule has 0 aliphatic carbocycles. The molecule has 1 N–H and O–H groups in total. The number of amides is 1. The second kappa shape index (κ2) is 7.33. The van der Waals surface area contributed by atoms with E-state index in [4.69, 9.17) is 4.74 Å². The van der Waals surface area contributed by atoms with Gasteiger partial charge in [-0.25, -0.2) is 0 Å². The molecule has 1 amide bonds. The lowest BCUT2D eigenvalue weighted by molar-refractivity contribution is -0.141. The second-order valence-electron chi connectivity index (χ2n) is 6.19. The number of carbonyl (C=O) groups is 1. The van der Waals surface area contributed by atoms with Crippen molar-refractivity contribution in [1.82, 2.24) is 9.88 Å². The number of halogens is 3. The van der Waals surface area contributed by atoms with Crippen LogP contribution in [0.4, 0.5) is 18.9 Å². The van der Waals surface area contributed by atoms with Gasteiger partial charge >= 0.3 is 6.18 Å². The lowest BCUT2D eigenvalue weighted by Crippen LogP contribution is -2.53. The molecular formula is C18H18F3N3O2. The molecule has 0 unspecified atom stereocenters. The van der Waals surface area contributed by atoms with Crippen molar-refractivity contribution in [2.24, 2.45) is 0 Å². The predicted octanol–water partition coefficient (Wildman–Crippen LogP) is 3.32. The van der Waals surface area contributed by atoms with Crippen LogP contribution in [0.5, 0.6) is 5.75 Å². The lowest BCUT2D eigenvalue weighted by atomic mass is 10.1. The lowest BCUT2D eigenvalue weighted by Gasteiger charge is -2.39. The number of alkyl halides is 3. The van der Waals surface area contributed by atoms with E-state index in [2.05, 4.69) is 15.2 Å². The van der Waals surface area contributed by atoms with E-state index in [0.717, 1.165) is 23.5 Å². The minimum atomic E-state index is -4.48. The summed E-state index contributed by atoms with van der Waals surface area (Å²) < 4.78 is 43.6. The second-order valence-corrected chi connectivity index (χ2v) is 6.19. The SMILES string of the molecule is CC(=O)Nc1ccc(CN2CC(Oc3ccnc(C(F)(F)F)c3)C2)cc1. The quantitative estimate of drug-likeness (QED) is 0.883. The van der Waals surface area contributed by atoms with Crippen LogP contribution in [-0.4, -0.2) is 35.0 Å². The van der Waals surface area contributed by atoms with Gasteiger partial charge in [0.25, 0.3) is 0 Å². The highest BCUT2D eigenvalue weighted by Gasteiger charge is 2.33. The van der Waals surface area contributed by atoms with E-state index in [9.17, 15) is 18.0 Å². The Morgan fingerprint density at radius 1 is 1.27 bits per heavy atom. The van der Waals surface area contributed by atoms with Gasteiger partial charge in [0.2, 0.25) is 5.91 Å². The third-order valence-electron chi connectivity index (χ3n) is 3.93. The fourth-order valence-corrected chi connectivity index (χ4v) is 2.71. The number of ether oxygens (including phenoxy) is 1. The first-order chi connectivity index (χ1) is 12.3. The molecule has 1 saturated heterocycles. The smallest absolute Gasteiger partial charge is 0.433 e. The molecule has 8 heteroatoms. The molecule has 0 radical (unpaired) electrons.